The highest BCUT2D eigenvalue weighted by Gasteiger charge is 2.20. The van der Waals surface area contributed by atoms with Crippen LogP contribution >= 0.6 is 0 Å². The summed E-state index contributed by atoms with van der Waals surface area (Å²) in [5.41, 5.74) is 4.55. The van der Waals surface area contributed by atoms with Crippen molar-refractivity contribution in [3.63, 3.8) is 0 Å². The number of halogens is 1. The van der Waals surface area contributed by atoms with Crippen molar-refractivity contribution < 1.29 is 4.39 Å². The Morgan fingerprint density at radius 2 is 1.79 bits per heavy atom. The van der Waals surface area contributed by atoms with Gasteiger partial charge >= 0.3 is 0 Å². The van der Waals surface area contributed by atoms with Crippen LogP contribution in [0, 0.1) is 5.82 Å². The van der Waals surface area contributed by atoms with Gasteiger partial charge in [-0.25, -0.2) is 9.07 Å². The normalized spacial score (nSPS) is 13.9. The van der Waals surface area contributed by atoms with Crippen molar-refractivity contribution in [3.8, 4) is 5.69 Å². The molecule has 122 valence electrons. The summed E-state index contributed by atoms with van der Waals surface area (Å²) in [5.74, 6) is 0.833. The van der Waals surface area contributed by atoms with Gasteiger partial charge in [-0.2, -0.15) is 5.10 Å². The molecule has 0 aliphatic carbocycles. The van der Waals surface area contributed by atoms with Crippen LogP contribution in [0.1, 0.15) is 29.7 Å². The fraction of sp³-hybridized carbons (Fsp3) is 0.250. The zero-order chi connectivity index (χ0) is 16.4. The molecule has 24 heavy (non-hydrogen) atoms. The Kier molecular flexibility index (Phi) is 4.03. The predicted molar refractivity (Wildman–Crippen MR) is 94.2 cm³/mol. The van der Waals surface area contributed by atoms with E-state index in [9.17, 15) is 4.39 Å². The third-order valence-electron chi connectivity index (χ3n) is 4.50. The predicted octanol–water partition coefficient (Wildman–Crippen LogP) is 4.35. The number of aromatic nitrogens is 2. The van der Waals surface area contributed by atoms with Crippen molar-refractivity contribution in [1.29, 1.82) is 0 Å². The second-order valence-corrected chi connectivity index (χ2v) is 6.21. The Bertz CT molecular complexity index is 822. The number of rotatable bonds is 3. The molecule has 1 aliphatic rings. The van der Waals surface area contributed by atoms with Crippen LogP contribution in [-0.4, -0.2) is 16.3 Å². The molecule has 0 spiro atoms. The lowest BCUT2D eigenvalue weighted by molar-refractivity contribution is 0.627. The molecule has 0 amide bonds. The van der Waals surface area contributed by atoms with Gasteiger partial charge in [-0.3, -0.25) is 0 Å². The van der Waals surface area contributed by atoms with Gasteiger partial charge in [-0.05, 0) is 49.1 Å². The molecule has 1 aliphatic heterocycles. The highest BCUT2D eigenvalue weighted by molar-refractivity contribution is 5.55. The fourth-order valence-electron chi connectivity index (χ4n) is 3.27. The summed E-state index contributed by atoms with van der Waals surface area (Å²) in [5, 5.41) is 8.38. The Morgan fingerprint density at radius 3 is 2.58 bits per heavy atom. The molecule has 0 unspecified atom stereocenters. The number of nitrogens with one attached hydrogen (secondary N) is 1. The second kappa shape index (κ2) is 6.48. The van der Waals surface area contributed by atoms with Crippen LogP contribution in [0.4, 0.5) is 10.2 Å². The molecule has 2 heterocycles. The smallest absolute Gasteiger partial charge is 0.133 e. The van der Waals surface area contributed by atoms with Gasteiger partial charge in [0.05, 0.1) is 11.4 Å². The Morgan fingerprint density at radius 1 is 1.00 bits per heavy atom. The number of nitrogens with zero attached hydrogens (tertiary/aromatic N) is 2. The summed E-state index contributed by atoms with van der Waals surface area (Å²) in [7, 11) is 0. The van der Waals surface area contributed by atoms with Gasteiger partial charge in [0.25, 0.3) is 0 Å². The first-order chi connectivity index (χ1) is 11.8. The zero-order valence-corrected chi connectivity index (χ0v) is 13.5. The van der Waals surface area contributed by atoms with Crippen LogP contribution in [0.15, 0.2) is 54.6 Å². The molecule has 0 atom stereocenters. The molecule has 0 saturated heterocycles. The molecular formula is C20H20FN3. The van der Waals surface area contributed by atoms with Crippen molar-refractivity contribution >= 4 is 5.82 Å². The summed E-state index contributed by atoms with van der Waals surface area (Å²) < 4.78 is 15.2. The SMILES string of the molecule is Fc1ccc(-n2nc(Cc3ccccc3)c3c2NCCCC3)cc1. The topological polar surface area (TPSA) is 29.9 Å². The summed E-state index contributed by atoms with van der Waals surface area (Å²) in [6.07, 6.45) is 4.17. The van der Waals surface area contributed by atoms with Crippen LogP contribution in [0.3, 0.4) is 0 Å². The summed E-state index contributed by atoms with van der Waals surface area (Å²) in [4.78, 5) is 0. The monoisotopic (exact) mass is 321 g/mol. The summed E-state index contributed by atoms with van der Waals surface area (Å²) in [6.45, 7) is 0.949. The van der Waals surface area contributed by atoms with Crippen LogP contribution in [-0.2, 0) is 12.8 Å². The van der Waals surface area contributed by atoms with Crippen molar-refractivity contribution in [2.24, 2.45) is 0 Å². The van der Waals surface area contributed by atoms with E-state index in [0.717, 1.165) is 49.4 Å². The molecule has 0 bridgehead atoms. The molecule has 4 heteroatoms. The minimum Gasteiger partial charge on any atom is -0.370 e. The number of hydrogen-bond donors (Lipinski definition) is 1. The average molecular weight is 321 g/mol. The first-order valence-corrected chi connectivity index (χ1v) is 8.46. The van der Waals surface area contributed by atoms with E-state index in [0.29, 0.717) is 0 Å². The van der Waals surface area contributed by atoms with Crippen LogP contribution < -0.4 is 5.32 Å². The van der Waals surface area contributed by atoms with E-state index in [-0.39, 0.29) is 5.82 Å². The zero-order valence-electron chi connectivity index (χ0n) is 13.5. The van der Waals surface area contributed by atoms with Gasteiger partial charge in [-0.15, -0.1) is 0 Å². The van der Waals surface area contributed by atoms with Crippen molar-refractivity contribution in [1.82, 2.24) is 9.78 Å². The molecule has 4 rings (SSSR count). The third kappa shape index (κ3) is 2.92. The van der Waals surface area contributed by atoms with Crippen molar-refractivity contribution in [3.05, 3.63) is 77.2 Å². The Labute approximate surface area is 141 Å². The lowest BCUT2D eigenvalue weighted by Crippen LogP contribution is -2.07. The molecule has 1 N–H and O–H groups in total. The second-order valence-electron chi connectivity index (χ2n) is 6.21. The maximum Gasteiger partial charge on any atom is 0.133 e. The van der Waals surface area contributed by atoms with E-state index < -0.39 is 0 Å². The van der Waals surface area contributed by atoms with Gasteiger partial charge in [0.15, 0.2) is 0 Å². The van der Waals surface area contributed by atoms with E-state index in [1.54, 1.807) is 12.1 Å². The first kappa shape index (κ1) is 14.9. The molecule has 2 aromatic carbocycles. The van der Waals surface area contributed by atoms with Crippen LogP contribution in [0.2, 0.25) is 0 Å². The maximum absolute atomic E-state index is 13.3. The van der Waals surface area contributed by atoms with Crippen molar-refractivity contribution in [2.45, 2.75) is 25.7 Å². The quantitative estimate of drug-likeness (QED) is 0.777. The number of benzene rings is 2. The number of fused-ring (bicyclic) bond motifs is 1. The fourth-order valence-corrected chi connectivity index (χ4v) is 3.27. The van der Waals surface area contributed by atoms with Gasteiger partial charge in [-0.1, -0.05) is 30.3 Å². The summed E-state index contributed by atoms with van der Waals surface area (Å²) in [6, 6.07) is 16.9. The number of anilines is 1. The lowest BCUT2D eigenvalue weighted by Gasteiger charge is -2.09. The van der Waals surface area contributed by atoms with Crippen LogP contribution in [0.25, 0.3) is 5.69 Å². The molecular weight excluding hydrogens is 301 g/mol. The highest BCUT2D eigenvalue weighted by Crippen LogP contribution is 2.29. The van der Waals surface area contributed by atoms with E-state index in [2.05, 4.69) is 29.6 Å². The Hall–Kier alpha value is -2.62. The van der Waals surface area contributed by atoms with E-state index in [4.69, 9.17) is 5.10 Å². The molecule has 0 radical (unpaired) electrons. The Balaban J connectivity index is 1.78. The van der Waals surface area contributed by atoms with Gasteiger partial charge in [0.1, 0.15) is 11.6 Å². The standard InChI is InChI=1S/C20H20FN3/c21-16-9-11-17(12-10-16)24-20-18(8-4-5-13-22-20)19(23-24)14-15-6-2-1-3-7-15/h1-3,6-7,9-12,22H,4-5,8,13-14H2. The molecule has 0 fully saturated rings. The van der Waals surface area contributed by atoms with Gasteiger partial charge in [0, 0.05) is 18.5 Å². The molecule has 3 nitrogen and oxygen atoms in total. The van der Waals surface area contributed by atoms with Gasteiger partial charge < -0.3 is 5.32 Å². The first-order valence-electron chi connectivity index (χ1n) is 8.46. The van der Waals surface area contributed by atoms with E-state index in [1.807, 2.05) is 10.7 Å². The van der Waals surface area contributed by atoms with E-state index in [1.165, 1.54) is 23.3 Å². The average Bonchev–Trinajstić information content (AvgIpc) is 2.79. The van der Waals surface area contributed by atoms with E-state index >= 15 is 0 Å². The minimum absolute atomic E-state index is 0.227. The minimum atomic E-state index is -0.227. The van der Waals surface area contributed by atoms with Crippen LogP contribution in [0.5, 0.6) is 0 Å². The third-order valence-corrected chi connectivity index (χ3v) is 4.50. The number of hydrogen-bond acceptors (Lipinski definition) is 2. The molecule has 3 aromatic rings. The van der Waals surface area contributed by atoms with Crippen molar-refractivity contribution in [2.75, 3.05) is 11.9 Å². The lowest BCUT2D eigenvalue weighted by atomic mass is 10.0. The molecule has 0 saturated carbocycles. The van der Waals surface area contributed by atoms with Gasteiger partial charge in [0.2, 0.25) is 0 Å². The molecule has 1 aromatic heterocycles. The summed E-state index contributed by atoms with van der Waals surface area (Å²) >= 11 is 0. The highest BCUT2D eigenvalue weighted by atomic mass is 19.1. The largest absolute Gasteiger partial charge is 0.370 e. The maximum atomic E-state index is 13.3.